The van der Waals surface area contributed by atoms with Gasteiger partial charge in [0.15, 0.2) is 0 Å². The van der Waals surface area contributed by atoms with Crippen molar-refractivity contribution in [3.05, 3.63) is 35.6 Å². The Morgan fingerprint density at radius 3 is 2.32 bits per heavy atom. The van der Waals surface area contributed by atoms with Crippen molar-refractivity contribution in [3.8, 4) is 0 Å². The number of hydrogen-bond acceptors (Lipinski definition) is 4. The summed E-state index contributed by atoms with van der Waals surface area (Å²) in [5, 5.41) is 14.3. The molecule has 0 saturated carbocycles. The summed E-state index contributed by atoms with van der Waals surface area (Å²) in [7, 11) is 0. The highest BCUT2D eigenvalue weighted by Crippen LogP contribution is 2.35. The lowest BCUT2D eigenvalue weighted by molar-refractivity contribution is -0.142. The van der Waals surface area contributed by atoms with Crippen LogP contribution in [0, 0.1) is 11.7 Å². The van der Waals surface area contributed by atoms with E-state index >= 15 is 0 Å². The summed E-state index contributed by atoms with van der Waals surface area (Å²) in [6, 6.07) is 4.75. The van der Waals surface area contributed by atoms with Crippen molar-refractivity contribution in [2.45, 2.75) is 44.6 Å². The predicted octanol–water partition coefficient (Wildman–Crippen LogP) is 1.61. The van der Waals surface area contributed by atoms with E-state index in [-0.39, 0.29) is 18.4 Å². The average molecular weight is 394 g/mol. The van der Waals surface area contributed by atoms with E-state index < -0.39 is 29.2 Å². The number of aliphatic carboxylic acids is 1. The van der Waals surface area contributed by atoms with Gasteiger partial charge in [0.05, 0.1) is 12.0 Å². The first kappa shape index (κ1) is 21.8. The average Bonchev–Trinajstić information content (AvgIpc) is 2.66. The SMILES string of the molecule is CC(C)C[C@H](NC(=O)CNC(=O)C1(c2ccc(F)cc2)CCOCC1)C(=O)O. The number of hydrogen-bond donors (Lipinski definition) is 3. The van der Waals surface area contributed by atoms with Crippen LogP contribution in [-0.4, -0.2) is 48.7 Å². The summed E-state index contributed by atoms with van der Waals surface area (Å²) in [5.41, 5.74) is -0.241. The van der Waals surface area contributed by atoms with E-state index in [0.29, 0.717) is 38.0 Å². The van der Waals surface area contributed by atoms with Crippen molar-refractivity contribution in [2.24, 2.45) is 5.92 Å². The molecule has 2 rings (SSSR count). The highest BCUT2D eigenvalue weighted by atomic mass is 19.1. The fourth-order valence-electron chi connectivity index (χ4n) is 3.40. The molecule has 1 aromatic carbocycles. The zero-order valence-corrected chi connectivity index (χ0v) is 16.2. The Balaban J connectivity index is 2.04. The largest absolute Gasteiger partial charge is 0.480 e. The zero-order chi connectivity index (χ0) is 20.7. The molecule has 1 aliphatic heterocycles. The van der Waals surface area contributed by atoms with Crippen LogP contribution in [0.3, 0.4) is 0 Å². The van der Waals surface area contributed by atoms with Gasteiger partial charge in [0.2, 0.25) is 11.8 Å². The minimum Gasteiger partial charge on any atom is -0.480 e. The Bertz CT molecular complexity index is 699. The van der Waals surface area contributed by atoms with Crippen molar-refractivity contribution in [2.75, 3.05) is 19.8 Å². The molecule has 0 bridgehead atoms. The molecule has 1 aliphatic rings. The number of carbonyl (C=O) groups excluding carboxylic acids is 2. The van der Waals surface area contributed by atoms with Crippen molar-refractivity contribution < 1.29 is 28.6 Å². The maximum Gasteiger partial charge on any atom is 0.326 e. The number of amides is 2. The standard InChI is InChI=1S/C20H27FN2O5/c1-13(2)11-16(18(25)26)23-17(24)12-22-19(27)20(7-9-28-10-8-20)14-3-5-15(21)6-4-14/h3-6,13,16H,7-12H2,1-2H3,(H,22,27)(H,23,24)(H,25,26)/t16-/m0/s1. The van der Waals surface area contributed by atoms with Crippen molar-refractivity contribution >= 4 is 17.8 Å². The van der Waals surface area contributed by atoms with Crippen LogP contribution in [0.5, 0.6) is 0 Å². The maximum atomic E-state index is 13.3. The Morgan fingerprint density at radius 2 is 1.79 bits per heavy atom. The molecule has 0 unspecified atom stereocenters. The van der Waals surface area contributed by atoms with Gasteiger partial charge in [-0.15, -0.1) is 0 Å². The van der Waals surface area contributed by atoms with Gasteiger partial charge in [-0.2, -0.15) is 0 Å². The summed E-state index contributed by atoms with van der Waals surface area (Å²) in [6.07, 6.45) is 1.13. The van der Waals surface area contributed by atoms with E-state index in [1.54, 1.807) is 12.1 Å². The second-order valence-electron chi connectivity index (χ2n) is 7.47. The molecule has 154 valence electrons. The number of nitrogens with one attached hydrogen (secondary N) is 2. The van der Waals surface area contributed by atoms with Gasteiger partial charge >= 0.3 is 5.97 Å². The van der Waals surface area contributed by atoms with Gasteiger partial charge in [-0.1, -0.05) is 26.0 Å². The van der Waals surface area contributed by atoms with Crippen molar-refractivity contribution in [3.63, 3.8) is 0 Å². The van der Waals surface area contributed by atoms with Crippen LogP contribution in [-0.2, 0) is 24.5 Å². The molecule has 0 spiro atoms. The lowest BCUT2D eigenvalue weighted by Crippen LogP contribution is -2.51. The van der Waals surface area contributed by atoms with E-state index in [9.17, 15) is 23.9 Å². The van der Waals surface area contributed by atoms with Crippen LogP contribution in [0.4, 0.5) is 4.39 Å². The van der Waals surface area contributed by atoms with Crippen molar-refractivity contribution in [1.82, 2.24) is 10.6 Å². The van der Waals surface area contributed by atoms with E-state index in [1.165, 1.54) is 12.1 Å². The normalized spacial score (nSPS) is 17.0. The van der Waals surface area contributed by atoms with Gasteiger partial charge < -0.3 is 20.5 Å². The number of carbonyl (C=O) groups is 3. The smallest absolute Gasteiger partial charge is 0.326 e. The quantitative estimate of drug-likeness (QED) is 0.621. The molecule has 1 saturated heterocycles. The summed E-state index contributed by atoms with van der Waals surface area (Å²) in [4.78, 5) is 36.4. The number of carboxylic acids is 1. The van der Waals surface area contributed by atoms with Crippen LogP contribution in [0.25, 0.3) is 0 Å². The third-order valence-electron chi connectivity index (χ3n) is 4.93. The molecule has 3 N–H and O–H groups in total. The van der Waals surface area contributed by atoms with E-state index in [1.807, 2.05) is 13.8 Å². The first-order valence-corrected chi connectivity index (χ1v) is 9.39. The van der Waals surface area contributed by atoms with Gasteiger partial charge in [-0.3, -0.25) is 9.59 Å². The number of benzene rings is 1. The van der Waals surface area contributed by atoms with Crippen LogP contribution in [0.1, 0.15) is 38.7 Å². The summed E-state index contributed by atoms with van der Waals surface area (Å²) >= 11 is 0. The van der Waals surface area contributed by atoms with Crippen LogP contribution in [0.15, 0.2) is 24.3 Å². The Kier molecular flexibility index (Phi) is 7.51. The molecule has 28 heavy (non-hydrogen) atoms. The van der Waals surface area contributed by atoms with E-state index in [0.717, 1.165) is 0 Å². The zero-order valence-electron chi connectivity index (χ0n) is 16.2. The molecule has 0 aromatic heterocycles. The number of rotatable bonds is 8. The number of halogens is 1. The maximum absolute atomic E-state index is 13.3. The Labute approximate surface area is 163 Å². The van der Waals surface area contributed by atoms with Crippen LogP contribution >= 0.6 is 0 Å². The molecule has 0 aliphatic carbocycles. The third kappa shape index (κ3) is 5.51. The second-order valence-corrected chi connectivity index (χ2v) is 7.47. The molecule has 0 radical (unpaired) electrons. The fraction of sp³-hybridized carbons (Fsp3) is 0.550. The van der Waals surface area contributed by atoms with Gasteiger partial charge in [-0.25, -0.2) is 9.18 Å². The van der Waals surface area contributed by atoms with Crippen LogP contribution < -0.4 is 10.6 Å². The van der Waals surface area contributed by atoms with Crippen LogP contribution in [0.2, 0.25) is 0 Å². The topological polar surface area (TPSA) is 105 Å². The monoisotopic (exact) mass is 394 g/mol. The molecular weight excluding hydrogens is 367 g/mol. The Morgan fingerprint density at radius 1 is 1.18 bits per heavy atom. The molecule has 7 nitrogen and oxygen atoms in total. The number of ether oxygens (including phenoxy) is 1. The van der Waals surface area contributed by atoms with Gasteiger partial charge in [0.1, 0.15) is 11.9 Å². The lowest BCUT2D eigenvalue weighted by atomic mass is 9.73. The first-order chi connectivity index (χ1) is 13.2. The second kappa shape index (κ2) is 9.64. The van der Waals surface area contributed by atoms with E-state index in [2.05, 4.69) is 10.6 Å². The van der Waals surface area contributed by atoms with Gasteiger partial charge in [0.25, 0.3) is 0 Å². The molecule has 8 heteroatoms. The molecule has 2 amide bonds. The van der Waals surface area contributed by atoms with Gasteiger partial charge in [-0.05, 0) is 42.9 Å². The van der Waals surface area contributed by atoms with Crippen molar-refractivity contribution in [1.29, 1.82) is 0 Å². The molecule has 1 aromatic rings. The number of carboxylic acid groups (broad SMARTS) is 1. The minimum atomic E-state index is -1.11. The lowest BCUT2D eigenvalue weighted by Gasteiger charge is -2.36. The summed E-state index contributed by atoms with van der Waals surface area (Å²) in [5.74, 6) is -2.33. The van der Waals surface area contributed by atoms with E-state index in [4.69, 9.17) is 4.74 Å². The highest BCUT2D eigenvalue weighted by Gasteiger charge is 2.41. The highest BCUT2D eigenvalue weighted by molar-refractivity contribution is 5.92. The third-order valence-corrected chi connectivity index (χ3v) is 4.93. The summed E-state index contributed by atoms with van der Waals surface area (Å²) < 4.78 is 18.6. The summed E-state index contributed by atoms with van der Waals surface area (Å²) in [6.45, 7) is 4.16. The fourth-order valence-corrected chi connectivity index (χ4v) is 3.40. The molecular formula is C20H27FN2O5. The molecule has 1 heterocycles. The minimum absolute atomic E-state index is 0.0972. The first-order valence-electron chi connectivity index (χ1n) is 9.39. The Hall–Kier alpha value is -2.48. The molecule has 1 atom stereocenters. The van der Waals surface area contributed by atoms with Gasteiger partial charge in [0, 0.05) is 13.2 Å². The predicted molar refractivity (Wildman–Crippen MR) is 100 cm³/mol. The molecule has 1 fully saturated rings.